The van der Waals surface area contributed by atoms with Gasteiger partial charge in [-0.25, -0.2) is 4.79 Å². The Labute approximate surface area is 230 Å². The third-order valence-corrected chi connectivity index (χ3v) is 7.37. The molecule has 2 aliphatic heterocycles. The molecule has 1 fully saturated rings. The number of aromatic nitrogens is 1. The van der Waals surface area contributed by atoms with E-state index in [1.54, 1.807) is 6.07 Å². The second-order valence-corrected chi connectivity index (χ2v) is 11.5. The second kappa shape index (κ2) is 11.3. The number of carbonyl (C=O) groups is 1. The zero-order valence-corrected chi connectivity index (χ0v) is 23.4. The van der Waals surface area contributed by atoms with Crippen LogP contribution < -0.4 is 15.0 Å². The number of piperidine rings is 1. The van der Waals surface area contributed by atoms with E-state index >= 15 is 0 Å². The summed E-state index contributed by atoms with van der Waals surface area (Å²) in [7, 11) is 0. The van der Waals surface area contributed by atoms with Gasteiger partial charge < -0.3 is 28.6 Å². The van der Waals surface area contributed by atoms with Crippen LogP contribution in [0.25, 0.3) is 10.9 Å². The predicted octanol–water partition coefficient (Wildman–Crippen LogP) is 4.98. The fourth-order valence-corrected chi connectivity index (χ4v) is 5.37. The van der Waals surface area contributed by atoms with Gasteiger partial charge in [-0.15, -0.1) is 0 Å². The van der Waals surface area contributed by atoms with Crippen LogP contribution in [0.3, 0.4) is 0 Å². The SMILES string of the molecule is Cc1ccc2ccc(=O)n(CCN3CCC(N(Cc4ccc5c(c4)OCCO5)C(=O)OC(C)(C)C)CC3)c2c1. The van der Waals surface area contributed by atoms with Gasteiger partial charge in [0.25, 0.3) is 5.56 Å². The Hall–Kier alpha value is -3.52. The van der Waals surface area contributed by atoms with E-state index in [0.29, 0.717) is 26.3 Å². The lowest BCUT2D eigenvalue weighted by Gasteiger charge is -2.39. The van der Waals surface area contributed by atoms with Crippen LogP contribution in [-0.2, 0) is 17.8 Å². The highest BCUT2D eigenvalue weighted by molar-refractivity contribution is 5.79. The maximum atomic E-state index is 13.3. The third kappa shape index (κ3) is 6.56. The van der Waals surface area contributed by atoms with E-state index in [1.165, 1.54) is 0 Å². The molecule has 2 aromatic carbocycles. The first-order valence-corrected chi connectivity index (χ1v) is 13.9. The van der Waals surface area contributed by atoms with Gasteiger partial charge in [0.1, 0.15) is 18.8 Å². The Bertz CT molecular complexity index is 1390. The summed E-state index contributed by atoms with van der Waals surface area (Å²) in [6, 6.07) is 15.7. The van der Waals surface area contributed by atoms with E-state index in [4.69, 9.17) is 14.2 Å². The van der Waals surface area contributed by atoms with E-state index in [2.05, 4.69) is 23.1 Å². The Kier molecular flexibility index (Phi) is 7.84. The molecular weight excluding hydrogens is 494 g/mol. The molecule has 0 unspecified atom stereocenters. The number of carbonyl (C=O) groups excluding carboxylic acids is 1. The van der Waals surface area contributed by atoms with E-state index in [-0.39, 0.29) is 17.7 Å². The normalized spacial score (nSPS) is 16.3. The van der Waals surface area contributed by atoms with Crippen LogP contribution in [0.15, 0.2) is 53.3 Å². The van der Waals surface area contributed by atoms with Crippen LogP contribution in [0.4, 0.5) is 4.79 Å². The van der Waals surface area contributed by atoms with Crippen LogP contribution in [0, 0.1) is 6.92 Å². The zero-order valence-electron chi connectivity index (χ0n) is 23.4. The summed E-state index contributed by atoms with van der Waals surface area (Å²) in [6.45, 7) is 12.4. The van der Waals surface area contributed by atoms with Crippen molar-refractivity contribution in [2.24, 2.45) is 0 Å². The molecule has 3 aromatic rings. The quantitative estimate of drug-likeness (QED) is 0.445. The van der Waals surface area contributed by atoms with Crippen LogP contribution in [0.5, 0.6) is 11.5 Å². The Morgan fingerprint density at radius 1 is 0.974 bits per heavy atom. The summed E-state index contributed by atoms with van der Waals surface area (Å²) in [5, 5.41) is 1.08. The molecule has 1 amide bonds. The molecule has 0 aliphatic carbocycles. The van der Waals surface area contributed by atoms with Gasteiger partial charge in [-0.1, -0.05) is 18.2 Å². The molecule has 3 heterocycles. The van der Waals surface area contributed by atoms with E-state index in [0.717, 1.165) is 66.0 Å². The van der Waals surface area contributed by atoms with Gasteiger partial charge >= 0.3 is 6.09 Å². The van der Waals surface area contributed by atoms with Gasteiger partial charge in [-0.2, -0.15) is 0 Å². The summed E-state index contributed by atoms with van der Waals surface area (Å²) in [4.78, 5) is 30.3. The summed E-state index contributed by atoms with van der Waals surface area (Å²) < 4.78 is 19.1. The Morgan fingerprint density at radius 3 is 2.44 bits per heavy atom. The van der Waals surface area contributed by atoms with Crippen molar-refractivity contribution in [3.63, 3.8) is 0 Å². The molecule has 0 saturated carbocycles. The number of aryl methyl sites for hydroxylation is 1. The maximum absolute atomic E-state index is 13.3. The van der Waals surface area contributed by atoms with E-state index in [9.17, 15) is 9.59 Å². The van der Waals surface area contributed by atoms with Crippen molar-refractivity contribution in [1.29, 1.82) is 0 Å². The molecule has 1 aromatic heterocycles. The number of nitrogens with zero attached hydrogens (tertiary/aromatic N) is 3. The number of likely N-dealkylation sites (tertiary alicyclic amines) is 1. The minimum Gasteiger partial charge on any atom is -0.486 e. The number of fused-ring (bicyclic) bond motifs is 2. The smallest absolute Gasteiger partial charge is 0.410 e. The van der Waals surface area contributed by atoms with Gasteiger partial charge in [-0.3, -0.25) is 4.79 Å². The molecule has 0 N–H and O–H groups in total. The van der Waals surface area contributed by atoms with Crippen LogP contribution in [0.1, 0.15) is 44.7 Å². The van der Waals surface area contributed by atoms with Crippen molar-refractivity contribution >= 4 is 17.0 Å². The lowest BCUT2D eigenvalue weighted by Crippen LogP contribution is -2.49. The van der Waals surface area contributed by atoms with Gasteiger partial charge in [0, 0.05) is 44.8 Å². The highest BCUT2D eigenvalue weighted by Crippen LogP contribution is 2.32. The summed E-state index contributed by atoms with van der Waals surface area (Å²) in [5.41, 5.74) is 2.56. The highest BCUT2D eigenvalue weighted by atomic mass is 16.6. The number of amides is 1. The minimum atomic E-state index is -0.576. The summed E-state index contributed by atoms with van der Waals surface area (Å²) in [5.74, 6) is 1.46. The largest absolute Gasteiger partial charge is 0.486 e. The Balaban J connectivity index is 1.26. The van der Waals surface area contributed by atoms with Gasteiger partial charge in [0.15, 0.2) is 11.5 Å². The summed E-state index contributed by atoms with van der Waals surface area (Å²) in [6.07, 6.45) is 1.38. The first-order valence-electron chi connectivity index (χ1n) is 13.9. The van der Waals surface area contributed by atoms with E-state index in [1.807, 2.05) is 61.4 Å². The lowest BCUT2D eigenvalue weighted by molar-refractivity contribution is 0.00562. The van der Waals surface area contributed by atoms with Crippen molar-refractivity contribution in [2.75, 3.05) is 32.8 Å². The molecule has 0 radical (unpaired) electrons. The average molecular weight is 534 g/mol. The number of ether oxygens (including phenoxy) is 3. The average Bonchev–Trinajstić information content (AvgIpc) is 2.90. The monoisotopic (exact) mass is 533 g/mol. The fraction of sp³-hybridized carbons (Fsp3) is 0.484. The molecule has 208 valence electrons. The third-order valence-electron chi connectivity index (χ3n) is 7.37. The first-order chi connectivity index (χ1) is 18.7. The highest BCUT2D eigenvalue weighted by Gasteiger charge is 2.31. The lowest BCUT2D eigenvalue weighted by atomic mass is 10.0. The second-order valence-electron chi connectivity index (χ2n) is 11.5. The fourth-order valence-electron chi connectivity index (χ4n) is 5.37. The predicted molar refractivity (Wildman–Crippen MR) is 152 cm³/mol. The molecule has 5 rings (SSSR count). The number of rotatable bonds is 6. The van der Waals surface area contributed by atoms with Gasteiger partial charge in [0.2, 0.25) is 0 Å². The van der Waals surface area contributed by atoms with Crippen LogP contribution in [-0.4, -0.2) is 65.0 Å². The van der Waals surface area contributed by atoms with Crippen LogP contribution in [0.2, 0.25) is 0 Å². The van der Waals surface area contributed by atoms with Crippen molar-refractivity contribution in [1.82, 2.24) is 14.4 Å². The molecule has 0 spiro atoms. The van der Waals surface area contributed by atoms with Crippen molar-refractivity contribution < 1.29 is 19.0 Å². The van der Waals surface area contributed by atoms with Crippen LogP contribution >= 0.6 is 0 Å². The zero-order chi connectivity index (χ0) is 27.6. The van der Waals surface area contributed by atoms with Crippen molar-refractivity contribution in [3.05, 3.63) is 70.0 Å². The molecule has 2 aliphatic rings. The number of hydrogen-bond acceptors (Lipinski definition) is 6. The molecule has 39 heavy (non-hydrogen) atoms. The first kappa shape index (κ1) is 27.1. The molecular formula is C31H39N3O5. The minimum absolute atomic E-state index is 0.0264. The molecule has 8 nitrogen and oxygen atoms in total. The maximum Gasteiger partial charge on any atom is 0.410 e. The van der Waals surface area contributed by atoms with Crippen molar-refractivity contribution in [2.45, 2.75) is 65.3 Å². The van der Waals surface area contributed by atoms with Gasteiger partial charge in [-0.05, 0) is 81.3 Å². The summed E-state index contributed by atoms with van der Waals surface area (Å²) >= 11 is 0. The molecule has 0 bridgehead atoms. The van der Waals surface area contributed by atoms with E-state index < -0.39 is 5.60 Å². The molecule has 1 saturated heterocycles. The number of pyridine rings is 1. The molecule has 8 heteroatoms. The number of hydrogen-bond donors (Lipinski definition) is 0. The Morgan fingerprint density at radius 2 is 1.69 bits per heavy atom. The topological polar surface area (TPSA) is 73.2 Å². The van der Waals surface area contributed by atoms with Gasteiger partial charge in [0.05, 0.1) is 5.52 Å². The number of benzene rings is 2. The van der Waals surface area contributed by atoms with Crippen molar-refractivity contribution in [3.8, 4) is 11.5 Å². The standard InChI is InChI=1S/C31H39N3O5/c1-22-5-7-24-8-10-29(35)33(26(24)19-22)16-15-32-13-11-25(12-14-32)34(30(36)39-31(2,3)4)21-23-6-9-27-28(20-23)38-18-17-37-27/h5-10,19-20,25H,11-18,21H2,1-4H3. The molecule has 0 atom stereocenters.